The smallest absolute Gasteiger partial charge is 0.119 e. The first kappa shape index (κ1) is 12.8. The van der Waals surface area contributed by atoms with Gasteiger partial charge in [-0.25, -0.2) is 0 Å². The summed E-state index contributed by atoms with van der Waals surface area (Å²) in [4.78, 5) is 0. The molecule has 1 N–H and O–H groups in total. The average Bonchev–Trinajstić information content (AvgIpc) is 3.30. The molecule has 102 valence electrons. The van der Waals surface area contributed by atoms with Crippen LogP contribution in [0.3, 0.4) is 0 Å². The van der Waals surface area contributed by atoms with Crippen molar-refractivity contribution in [2.45, 2.75) is 6.10 Å². The van der Waals surface area contributed by atoms with Crippen molar-refractivity contribution in [1.29, 1.82) is 0 Å². The van der Waals surface area contributed by atoms with Gasteiger partial charge in [-0.2, -0.15) is 0 Å². The second-order valence-electron chi connectivity index (χ2n) is 4.76. The fraction of sp³-hybridized carbons (Fsp3) is 0.176. The van der Waals surface area contributed by atoms with Crippen molar-refractivity contribution in [2.24, 2.45) is 0 Å². The molecule has 1 unspecified atom stereocenters. The number of hydrogen-bond donors (Lipinski definition) is 1. The molecule has 1 fully saturated rings. The second-order valence-corrected chi connectivity index (χ2v) is 4.76. The topological polar surface area (TPSA) is 42.0 Å². The molecular weight excluding hydrogens is 252 g/mol. The normalized spacial score (nSPS) is 17.3. The standard InChI is InChI=1S/C17H16O3/c18-15-7-3-13(4-8-15)1-2-14-5-9-16(10-6-14)19-11-17-12-20-17/h1-10,17-18H,11-12H2/b2-1+. The maximum atomic E-state index is 9.22. The van der Waals surface area contributed by atoms with Gasteiger partial charge in [-0.15, -0.1) is 0 Å². The molecule has 3 nitrogen and oxygen atoms in total. The highest BCUT2D eigenvalue weighted by Gasteiger charge is 2.22. The van der Waals surface area contributed by atoms with Crippen LogP contribution in [0.1, 0.15) is 11.1 Å². The molecule has 3 rings (SSSR count). The zero-order chi connectivity index (χ0) is 13.8. The lowest BCUT2D eigenvalue weighted by atomic mass is 10.1. The monoisotopic (exact) mass is 268 g/mol. The van der Waals surface area contributed by atoms with Crippen molar-refractivity contribution in [3.63, 3.8) is 0 Å². The van der Waals surface area contributed by atoms with Gasteiger partial charge < -0.3 is 14.6 Å². The van der Waals surface area contributed by atoms with E-state index in [1.54, 1.807) is 12.1 Å². The summed E-state index contributed by atoms with van der Waals surface area (Å²) in [5, 5.41) is 9.22. The van der Waals surface area contributed by atoms with Crippen LogP contribution in [0.25, 0.3) is 12.2 Å². The lowest BCUT2D eigenvalue weighted by Crippen LogP contribution is -2.03. The van der Waals surface area contributed by atoms with Crippen LogP contribution in [-0.2, 0) is 4.74 Å². The molecule has 1 heterocycles. The lowest BCUT2D eigenvalue weighted by Gasteiger charge is -2.03. The molecule has 0 radical (unpaired) electrons. The van der Waals surface area contributed by atoms with Crippen molar-refractivity contribution in [3.05, 3.63) is 59.7 Å². The molecule has 1 atom stereocenters. The molecule has 0 aromatic heterocycles. The van der Waals surface area contributed by atoms with E-state index in [0.717, 1.165) is 23.5 Å². The van der Waals surface area contributed by atoms with E-state index in [1.165, 1.54) is 0 Å². The van der Waals surface area contributed by atoms with E-state index in [1.807, 2.05) is 48.6 Å². The first-order valence-corrected chi connectivity index (χ1v) is 6.61. The predicted molar refractivity (Wildman–Crippen MR) is 78.7 cm³/mol. The lowest BCUT2D eigenvalue weighted by molar-refractivity contribution is 0.263. The molecule has 0 bridgehead atoms. The number of hydrogen-bond acceptors (Lipinski definition) is 3. The average molecular weight is 268 g/mol. The van der Waals surface area contributed by atoms with Gasteiger partial charge in [-0.1, -0.05) is 36.4 Å². The fourth-order valence-electron chi connectivity index (χ4n) is 1.81. The van der Waals surface area contributed by atoms with Crippen LogP contribution >= 0.6 is 0 Å². The van der Waals surface area contributed by atoms with E-state index in [0.29, 0.717) is 6.61 Å². The van der Waals surface area contributed by atoms with Crippen LogP contribution in [0.15, 0.2) is 48.5 Å². The van der Waals surface area contributed by atoms with Crippen LogP contribution in [-0.4, -0.2) is 24.4 Å². The Morgan fingerprint density at radius 3 is 2.10 bits per heavy atom. The third-order valence-electron chi connectivity index (χ3n) is 3.08. The van der Waals surface area contributed by atoms with E-state index >= 15 is 0 Å². The van der Waals surface area contributed by atoms with Gasteiger partial charge in [0.15, 0.2) is 0 Å². The van der Waals surface area contributed by atoms with Gasteiger partial charge in [0.2, 0.25) is 0 Å². The van der Waals surface area contributed by atoms with Gasteiger partial charge in [0, 0.05) is 0 Å². The van der Waals surface area contributed by atoms with Crippen molar-refractivity contribution >= 4 is 12.2 Å². The molecule has 1 saturated heterocycles. The Kier molecular flexibility index (Phi) is 3.70. The van der Waals surface area contributed by atoms with E-state index < -0.39 is 0 Å². The largest absolute Gasteiger partial charge is 0.508 e. The van der Waals surface area contributed by atoms with Crippen LogP contribution in [0.4, 0.5) is 0 Å². The molecule has 3 heteroatoms. The van der Waals surface area contributed by atoms with Gasteiger partial charge in [-0.05, 0) is 35.4 Å². The highest BCUT2D eigenvalue weighted by atomic mass is 16.6. The Morgan fingerprint density at radius 1 is 1.00 bits per heavy atom. The second kappa shape index (κ2) is 5.80. The fourth-order valence-corrected chi connectivity index (χ4v) is 1.81. The van der Waals surface area contributed by atoms with Gasteiger partial charge in [0.25, 0.3) is 0 Å². The van der Waals surface area contributed by atoms with Crippen LogP contribution in [0, 0.1) is 0 Å². The van der Waals surface area contributed by atoms with Crippen LogP contribution < -0.4 is 4.74 Å². The maximum absolute atomic E-state index is 9.22. The van der Waals surface area contributed by atoms with Gasteiger partial charge in [-0.3, -0.25) is 0 Å². The zero-order valence-corrected chi connectivity index (χ0v) is 11.0. The van der Waals surface area contributed by atoms with Crippen LogP contribution in [0.2, 0.25) is 0 Å². The molecule has 1 aliphatic heterocycles. The summed E-state index contributed by atoms with van der Waals surface area (Å²) in [5.74, 6) is 1.14. The molecule has 1 aliphatic rings. The Balaban J connectivity index is 1.60. The minimum atomic E-state index is 0.281. The third kappa shape index (κ3) is 3.62. The zero-order valence-electron chi connectivity index (χ0n) is 11.0. The molecular formula is C17H16O3. The molecule has 2 aromatic carbocycles. The summed E-state index contributed by atoms with van der Waals surface area (Å²) in [6.45, 7) is 1.44. The van der Waals surface area contributed by atoms with Gasteiger partial charge in [0.05, 0.1) is 6.61 Å². The number of aromatic hydroxyl groups is 1. The summed E-state index contributed by atoms with van der Waals surface area (Å²) in [7, 11) is 0. The highest BCUT2D eigenvalue weighted by molar-refractivity contribution is 5.70. The van der Waals surface area contributed by atoms with Crippen molar-refractivity contribution in [1.82, 2.24) is 0 Å². The van der Waals surface area contributed by atoms with E-state index in [4.69, 9.17) is 9.47 Å². The Hall–Kier alpha value is -2.26. The molecule has 0 spiro atoms. The first-order valence-electron chi connectivity index (χ1n) is 6.61. The Bertz CT molecular complexity index is 581. The summed E-state index contributed by atoms with van der Waals surface area (Å²) in [6, 6.07) is 15.0. The summed E-state index contributed by atoms with van der Waals surface area (Å²) >= 11 is 0. The predicted octanol–water partition coefficient (Wildman–Crippen LogP) is 3.34. The Morgan fingerprint density at radius 2 is 1.55 bits per heavy atom. The third-order valence-corrected chi connectivity index (χ3v) is 3.08. The maximum Gasteiger partial charge on any atom is 0.119 e. The minimum absolute atomic E-state index is 0.281. The minimum Gasteiger partial charge on any atom is -0.508 e. The SMILES string of the molecule is Oc1ccc(/C=C/c2ccc(OCC3CO3)cc2)cc1. The number of rotatable bonds is 5. The molecule has 20 heavy (non-hydrogen) atoms. The number of ether oxygens (including phenoxy) is 2. The van der Waals surface area contributed by atoms with E-state index in [2.05, 4.69) is 0 Å². The molecule has 0 amide bonds. The number of benzene rings is 2. The summed E-state index contributed by atoms with van der Waals surface area (Å²) in [5.41, 5.74) is 2.15. The van der Waals surface area contributed by atoms with Crippen molar-refractivity contribution < 1.29 is 14.6 Å². The molecule has 2 aromatic rings. The van der Waals surface area contributed by atoms with Crippen molar-refractivity contribution in [2.75, 3.05) is 13.2 Å². The number of epoxide rings is 1. The Labute approximate surface area is 118 Å². The molecule has 0 saturated carbocycles. The summed E-state index contributed by atoms with van der Waals surface area (Å²) in [6.07, 6.45) is 4.32. The van der Waals surface area contributed by atoms with E-state index in [-0.39, 0.29) is 11.9 Å². The quantitative estimate of drug-likeness (QED) is 0.668. The van der Waals surface area contributed by atoms with Gasteiger partial charge in [0.1, 0.15) is 24.2 Å². The first-order chi connectivity index (χ1) is 9.79. The highest BCUT2D eigenvalue weighted by Crippen LogP contribution is 2.17. The van der Waals surface area contributed by atoms with Gasteiger partial charge >= 0.3 is 0 Å². The number of phenols is 1. The van der Waals surface area contributed by atoms with Crippen LogP contribution in [0.5, 0.6) is 11.5 Å². The molecule has 0 aliphatic carbocycles. The van der Waals surface area contributed by atoms with E-state index in [9.17, 15) is 5.11 Å². The number of phenolic OH excluding ortho intramolecular Hbond substituents is 1. The summed E-state index contributed by atoms with van der Waals surface area (Å²) < 4.78 is 10.7. The van der Waals surface area contributed by atoms with Crippen molar-refractivity contribution in [3.8, 4) is 11.5 Å².